The molecule has 2 aromatic rings. The van der Waals surface area contributed by atoms with Crippen LogP contribution in [0.15, 0.2) is 38.4 Å². The molecule has 0 atom stereocenters. The summed E-state index contributed by atoms with van der Waals surface area (Å²) in [6, 6.07) is 7.30. The van der Waals surface area contributed by atoms with Crippen LogP contribution in [0.4, 0.5) is 0 Å². The van der Waals surface area contributed by atoms with Gasteiger partial charge in [-0.05, 0) is 48.0 Å². The van der Waals surface area contributed by atoms with Crippen molar-refractivity contribution in [2.45, 2.75) is 13.8 Å². The van der Waals surface area contributed by atoms with E-state index in [1.807, 2.05) is 25.1 Å². The summed E-state index contributed by atoms with van der Waals surface area (Å²) in [5.41, 5.74) is 7.61. The SMILES string of the molecule is Cc1cc(Oc2ccc(Br)cc2Br)c(/C(N)=N/O)c(C)n1. The molecule has 0 saturated heterocycles. The molecule has 0 fully saturated rings. The summed E-state index contributed by atoms with van der Waals surface area (Å²) in [7, 11) is 0. The lowest BCUT2D eigenvalue weighted by molar-refractivity contribution is 0.318. The van der Waals surface area contributed by atoms with Gasteiger partial charge < -0.3 is 15.7 Å². The molecular weight excluding hydrogens is 402 g/mol. The molecule has 1 aromatic heterocycles. The molecule has 0 unspecified atom stereocenters. The molecule has 0 aliphatic carbocycles. The lowest BCUT2D eigenvalue weighted by atomic mass is 10.1. The maximum absolute atomic E-state index is 8.93. The average Bonchev–Trinajstić information content (AvgIpc) is 2.40. The maximum Gasteiger partial charge on any atom is 0.175 e. The van der Waals surface area contributed by atoms with E-state index in [0.717, 1.165) is 14.6 Å². The van der Waals surface area contributed by atoms with Crippen LogP contribution in [0.2, 0.25) is 0 Å². The highest BCUT2D eigenvalue weighted by atomic mass is 79.9. The van der Waals surface area contributed by atoms with Gasteiger partial charge in [-0.2, -0.15) is 0 Å². The van der Waals surface area contributed by atoms with Crippen LogP contribution in [0.25, 0.3) is 0 Å². The number of amidine groups is 1. The third-order valence-electron chi connectivity index (χ3n) is 2.77. The summed E-state index contributed by atoms with van der Waals surface area (Å²) in [4.78, 5) is 4.31. The van der Waals surface area contributed by atoms with Crippen molar-refractivity contribution in [1.82, 2.24) is 4.98 Å². The molecule has 5 nitrogen and oxygen atoms in total. The van der Waals surface area contributed by atoms with Gasteiger partial charge in [0.1, 0.15) is 11.5 Å². The summed E-state index contributed by atoms with van der Waals surface area (Å²) in [6.45, 7) is 3.64. The van der Waals surface area contributed by atoms with E-state index in [4.69, 9.17) is 15.7 Å². The van der Waals surface area contributed by atoms with Gasteiger partial charge in [0.05, 0.1) is 15.7 Å². The van der Waals surface area contributed by atoms with Crippen LogP contribution in [0.3, 0.4) is 0 Å². The van der Waals surface area contributed by atoms with Gasteiger partial charge in [0, 0.05) is 16.2 Å². The Kier molecular flexibility index (Phi) is 4.84. The van der Waals surface area contributed by atoms with Gasteiger partial charge in [0.25, 0.3) is 0 Å². The average molecular weight is 415 g/mol. The molecular formula is C14H13Br2N3O2. The molecule has 3 N–H and O–H groups in total. The third kappa shape index (κ3) is 3.54. The Hall–Kier alpha value is -1.60. The third-order valence-corrected chi connectivity index (χ3v) is 3.88. The minimum atomic E-state index is -0.0387. The first-order valence-electron chi connectivity index (χ1n) is 6.01. The Morgan fingerprint density at radius 1 is 1.24 bits per heavy atom. The number of nitrogens with two attached hydrogens (primary N) is 1. The minimum Gasteiger partial charge on any atom is -0.455 e. The highest BCUT2D eigenvalue weighted by Gasteiger charge is 2.16. The van der Waals surface area contributed by atoms with Crippen molar-refractivity contribution in [2.75, 3.05) is 0 Å². The molecule has 0 saturated carbocycles. The van der Waals surface area contributed by atoms with Gasteiger partial charge in [-0.15, -0.1) is 0 Å². The van der Waals surface area contributed by atoms with Crippen LogP contribution in [0.5, 0.6) is 11.5 Å². The van der Waals surface area contributed by atoms with Crippen LogP contribution < -0.4 is 10.5 Å². The second kappa shape index (κ2) is 6.44. The van der Waals surface area contributed by atoms with E-state index in [-0.39, 0.29) is 5.84 Å². The summed E-state index contributed by atoms with van der Waals surface area (Å²) < 4.78 is 7.62. The normalized spacial score (nSPS) is 11.5. The van der Waals surface area contributed by atoms with Crippen molar-refractivity contribution in [2.24, 2.45) is 10.9 Å². The van der Waals surface area contributed by atoms with Crippen molar-refractivity contribution < 1.29 is 9.94 Å². The number of aryl methyl sites for hydroxylation is 2. The quantitative estimate of drug-likeness (QED) is 0.342. The van der Waals surface area contributed by atoms with E-state index in [1.165, 1.54) is 0 Å². The molecule has 21 heavy (non-hydrogen) atoms. The molecule has 0 radical (unpaired) electrons. The predicted octanol–water partition coefficient (Wildman–Crippen LogP) is 4.11. The monoisotopic (exact) mass is 413 g/mol. The highest BCUT2D eigenvalue weighted by molar-refractivity contribution is 9.11. The molecule has 0 spiro atoms. The fraction of sp³-hybridized carbons (Fsp3) is 0.143. The molecule has 0 aliphatic heterocycles. The number of halogens is 2. The van der Waals surface area contributed by atoms with Crippen LogP contribution in [-0.2, 0) is 0 Å². The van der Waals surface area contributed by atoms with Crippen LogP contribution >= 0.6 is 31.9 Å². The molecule has 110 valence electrons. The molecule has 0 aliphatic rings. The van der Waals surface area contributed by atoms with Gasteiger partial charge in [-0.1, -0.05) is 21.1 Å². The molecule has 7 heteroatoms. The second-order valence-electron chi connectivity index (χ2n) is 4.38. The summed E-state index contributed by atoms with van der Waals surface area (Å²) in [5, 5.41) is 12.0. The number of hydrogen-bond donors (Lipinski definition) is 2. The Morgan fingerprint density at radius 2 is 1.95 bits per heavy atom. The zero-order chi connectivity index (χ0) is 15.6. The number of hydrogen-bond acceptors (Lipinski definition) is 4. The lowest BCUT2D eigenvalue weighted by Crippen LogP contribution is -2.17. The Morgan fingerprint density at radius 3 is 2.57 bits per heavy atom. The van der Waals surface area contributed by atoms with Gasteiger partial charge in [0.2, 0.25) is 0 Å². The summed E-state index contributed by atoms with van der Waals surface area (Å²) in [5.74, 6) is 1.07. The number of nitrogens with zero attached hydrogens (tertiary/aromatic N) is 2. The smallest absolute Gasteiger partial charge is 0.175 e. The van der Waals surface area contributed by atoms with Gasteiger partial charge >= 0.3 is 0 Å². The van der Waals surface area contributed by atoms with Crippen LogP contribution in [0.1, 0.15) is 17.0 Å². The van der Waals surface area contributed by atoms with Crippen LogP contribution in [-0.4, -0.2) is 16.0 Å². The van der Waals surface area contributed by atoms with Crippen molar-refractivity contribution in [1.29, 1.82) is 0 Å². The number of ether oxygens (including phenoxy) is 1. The van der Waals surface area contributed by atoms with Crippen molar-refractivity contribution in [3.63, 3.8) is 0 Å². The molecule has 0 amide bonds. The molecule has 1 heterocycles. The van der Waals surface area contributed by atoms with E-state index >= 15 is 0 Å². The van der Waals surface area contributed by atoms with E-state index in [2.05, 4.69) is 42.0 Å². The standard InChI is InChI=1S/C14H13Br2N3O2/c1-7-5-12(13(8(2)18-7)14(17)19-20)21-11-4-3-9(15)6-10(11)16/h3-6,20H,1-2H3,(H2,17,19). The Balaban J connectivity index is 2.53. The largest absolute Gasteiger partial charge is 0.455 e. The fourth-order valence-corrected chi connectivity index (χ4v) is 3.04. The molecule has 1 aromatic carbocycles. The number of pyridine rings is 1. The fourth-order valence-electron chi connectivity index (χ4n) is 1.91. The highest BCUT2D eigenvalue weighted by Crippen LogP contribution is 2.34. The Bertz CT molecular complexity index is 718. The maximum atomic E-state index is 8.93. The zero-order valence-electron chi connectivity index (χ0n) is 11.4. The Labute approximate surface area is 139 Å². The molecule has 2 rings (SSSR count). The van der Waals surface area contributed by atoms with Crippen molar-refractivity contribution in [3.8, 4) is 11.5 Å². The van der Waals surface area contributed by atoms with E-state index in [0.29, 0.717) is 22.8 Å². The van der Waals surface area contributed by atoms with Gasteiger partial charge in [0.15, 0.2) is 5.84 Å². The first-order valence-corrected chi connectivity index (χ1v) is 7.60. The summed E-state index contributed by atoms with van der Waals surface area (Å²) >= 11 is 6.82. The number of aromatic nitrogens is 1. The second-order valence-corrected chi connectivity index (χ2v) is 6.15. The minimum absolute atomic E-state index is 0.0387. The summed E-state index contributed by atoms with van der Waals surface area (Å²) in [6.07, 6.45) is 0. The van der Waals surface area contributed by atoms with Gasteiger partial charge in [-0.25, -0.2) is 0 Å². The topological polar surface area (TPSA) is 80.7 Å². The molecule has 0 bridgehead atoms. The lowest BCUT2D eigenvalue weighted by Gasteiger charge is -2.14. The van der Waals surface area contributed by atoms with E-state index in [9.17, 15) is 0 Å². The van der Waals surface area contributed by atoms with E-state index < -0.39 is 0 Å². The number of oxime groups is 1. The predicted molar refractivity (Wildman–Crippen MR) is 88.1 cm³/mol. The zero-order valence-corrected chi connectivity index (χ0v) is 14.6. The van der Waals surface area contributed by atoms with Crippen molar-refractivity contribution in [3.05, 3.63) is 50.2 Å². The van der Waals surface area contributed by atoms with E-state index in [1.54, 1.807) is 13.0 Å². The van der Waals surface area contributed by atoms with Crippen LogP contribution in [0, 0.1) is 13.8 Å². The first-order chi connectivity index (χ1) is 9.92. The first kappa shape index (κ1) is 15.8. The number of rotatable bonds is 3. The van der Waals surface area contributed by atoms with Gasteiger partial charge in [-0.3, -0.25) is 4.98 Å². The number of benzene rings is 1. The van der Waals surface area contributed by atoms with Crippen molar-refractivity contribution >= 4 is 37.7 Å².